The molecule has 0 fully saturated rings. The molecule has 5 N–H and O–H groups in total. The van der Waals surface area contributed by atoms with Crippen LogP contribution >= 0.6 is 0 Å². The summed E-state index contributed by atoms with van der Waals surface area (Å²) in [7, 11) is 0. The van der Waals surface area contributed by atoms with E-state index in [1.165, 1.54) is 19.2 Å². The standard InChI is InChI=1S/C22H30F2N6O3/c1-7-17(12(3)27-21(32)33-22(4,5)6)29-20-16(24)9-14(18(25)31)19(30-20)28-13-8-15(23)11(2)26-10-13/h8-10,12,17H,7H2,1-6H3,(H2,25,31)(H,27,32)(H2,28,29,30)/t12-,17+/m0/s1. The predicted octanol–water partition coefficient (Wildman–Crippen LogP) is 4.01. The highest BCUT2D eigenvalue weighted by atomic mass is 19.1. The van der Waals surface area contributed by atoms with Crippen LogP contribution in [0.5, 0.6) is 0 Å². The fourth-order valence-corrected chi connectivity index (χ4v) is 2.93. The third kappa shape index (κ3) is 7.26. The van der Waals surface area contributed by atoms with E-state index in [1.807, 2.05) is 6.92 Å². The molecule has 2 heterocycles. The number of nitrogens with one attached hydrogen (secondary N) is 3. The zero-order valence-electron chi connectivity index (χ0n) is 19.5. The molecule has 9 nitrogen and oxygen atoms in total. The molecule has 0 aliphatic heterocycles. The number of carbonyl (C=O) groups excluding carboxylic acids is 2. The number of primary amides is 1. The highest BCUT2D eigenvalue weighted by Gasteiger charge is 2.24. The second kappa shape index (κ2) is 10.4. The predicted molar refractivity (Wildman–Crippen MR) is 121 cm³/mol. The molecule has 0 spiro atoms. The van der Waals surface area contributed by atoms with E-state index in [1.54, 1.807) is 27.7 Å². The minimum absolute atomic E-state index is 0.0703. The minimum atomic E-state index is -0.914. The molecule has 0 unspecified atom stereocenters. The molecule has 180 valence electrons. The number of hydrogen-bond acceptors (Lipinski definition) is 7. The number of anilines is 3. The van der Waals surface area contributed by atoms with Gasteiger partial charge in [0.1, 0.15) is 17.2 Å². The van der Waals surface area contributed by atoms with Crippen LogP contribution in [0.4, 0.5) is 30.9 Å². The number of halogens is 2. The van der Waals surface area contributed by atoms with Gasteiger partial charge in [0.25, 0.3) is 5.91 Å². The minimum Gasteiger partial charge on any atom is -0.444 e. The van der Waals surface area contributed by atoms with Crippen LogP contribution in [0.2, 0.25) is 0 Å². The molecule has 2 atom stereocenters. The number of alkyl carbamates (subject to hydrolysis) is 1. The topological polar surface area (TPSA) is 131 Å². The van der Waals surface area contributed by atoms with Crippen molar-refractivity contribution in [2.45, 2.75) is 65.6 Å². The monoisotopic (exact) mass is 464 g/mol. The molecular formula is C22H30F2N6O3. The number of nitrogens with zero attached hydrogens (tertiary/aromatic N) is 2. The Morgan fingerprint density at radius 2 is 1.85 bits per heavy atom. The number of hydrogen-bond donors (Lipinski definition) is 4. The Bertz CT molecular complexity index is 1030. The Hall–Kier alpha value is -3.50. The number of aryl methyl sites for hydroxylation is 1. The van der Waals surface area contributed by atoms with Gasteiger partial charge in [-0.25, -0.2) is 18.6 Å². The van der Waals surface area contributed by atoms with Gasteiger partial charge in [-0.15, -0.1) is 0 Å². The average Bonchev–Trinajstić information content (AvgIpc) is 2.68. The number of aromatic nitrogens is 2. The normalized spacial score (nSPS) is 13.1. The number of amides is 2. The molecule has 2 aromatic heterocycles. The molecule has 11 heteroatoms. The third-order valence-corrected chi connectivity index (χ3v) is 4.64. The number of rotatable bonds is 8. The zero-order valence-corrected chi connectivity index (χ0v) is 19.5. The summed E-state index contributed by atoms with van der Waals surface area (Å²) in [6.45, 7) is 10.3. The Labute approximate surface area is 191 Å². The Kier molecular flexibility index (Phi) is 8.13. The van der Waals surface area contributed by atoms with E-state index in [4.69, 9.17) is 10.5 Å². The molecule has 2 amide bonds. The van der Waals surface area contributed by atoms with Crippen LogP contribution in [0.3, 0.4) is 0 Å². The van der Waals surface area contributed by atoms with Gasteiger partial charge < -0.3 is 26.4 Å². The lowest BCUT2D eigenvalue weighted by molar-refractivity contribution is 0.0503. The molecular weight excluding hydrogens is 434 g/mol. The van der Waals surface area contributed by atoms with Crippen molar-refractivity contribution in [2.24, 2.45) is 5.73 Å². The molecule has 0 saturated carbocycles. The first-order chi connectivity index (χ1) is 15.3. The molecule has 2 rings (SSSR count). The smallest absolute Gasteiger partial charge is 0.407 e. The van der Waals surface area contributed by atoms with Crippen molar-refractivity contribution in [3.05, 3.63) is 41.2 Å². The van der Waals surface area contributed by atoms with Gasteiger partial charge in [-0.05, 0) is 47.1 Å². The Morgan fingerprint density at radius 3 is 2.39 bits per heavy atom. The summed E-state index contributed by atoms with van der Waals surface area (Å²) < 4.78 is 33.9. The molecule has 0 aromatic carbocycles. The van der Waals surface area contributed by atoms with Crippen LogP contribution < -0.4 is 21.7 Å². The summed E-state index contributed by atoms with van der Waals surface area (Å²) in [6, 6.07) is 1.24. The van der Waals surface area contributed by atoms with Crippen LogP contribution in [0.15, 0.2) is 18.3 Å². The van der Waals surface area contributed by atoms with E-state index >= 15 is 0 Å². The van der Waals surface area contributed by atoms with Crippen molar-refractivity contribution >= 4 is 29.3 Å². The van der Waals surface area contributed by atoms with Gasteiger partial charge in [-0.3, -0.25) is 9.78 Å². The first-order valence-corrected chi connectivity index (χ1v) is 10.5. The number of ether oxygens (including phenoxy) is 1. The van der Waals surface area contributed by atoms with Crippen LogP contribution in [-0.4, -0.2) is 39.7 Å². The van der Waals surface area contributed by atoms with Gasteiger partial charge >= 0.3 is 6.09 Å². The summed E-state index contributed by atoms with van der Waals surface area (Å²) >= 11 is 0. The van der Waals surface area contributed by atoms with Gasteiger partial charge in [0, 0.05) is 18.2 Å². The molecule has 0 bridgehead atoms. The first kappa shape index (κ1) is 25.8. The second-order valence-electron chi connectivity index (χ2n) is 8.59. The Balaban J connectivity index is 2.29. The van der Waals surface area contributed by atoms with Crippen LogP contribution in [-0.2, 0) is 4.74 Å². The van der Waals surface area contributed by atoms with E-state index in [0.717, 1.165) is 6.07 Å². The summed E-state index contributed by atoms with van der Waals surface area (Å²) in [5.41, 5.74) is 4.89. The Morgan fingerprint density at radius 1 is 1.18 bits per heavy atom. The lowest BCUT2D eigenvalue weighted by Crippen LogP contribution is -2.46. The summed E-state index contributed by atoms with van der Waals surface area (Å²) in [5, 5.41) is 8.41. The van der Waals surface area contributed by atoms with Crippen LogP contribution in [0.25, 0.3) is 0 Å². The van der Waals surface area contributed by atoms with Crippen molar-refractivity contribution in [1.82, 2.24) is 15.3 Å². The lowest BCUT2D eigenvalue weighted by atomic mass is 10.1. The number of carbonyl (C=O) groups is 2. The van der Waals surface area contributed by atoms with Gasteiger partial charge in [0.05, 0.1) is 23.1 Å². The molecule has 2 aromatic rings. The van der Waals surface area contributed by atoms with Gasteiger partial charge in [-0.2, -0.15) is 0 Å². The van der Waals surface area contributed by atoms with E-state index in [0.29, 0.717) is 6.42 Å². The van der Waals surface area contributed by atoms with Gasteiger partial charge in [0.2, 0.25) is 0 Å². The van der Waals surface area contributed by atoms with E-state index in [9.17, 15) is 18.4 Å². The zero-order chi connectivity index (χ0) is 24.9. The molecule has 0 aliphatic rings. The summed E-state index contributed by atoms with van der Waals surface area (Å²) in [4.78, 5) is 32.0. The van der Waals surface area contributed by atoms with Crippen molar-refractivity contribution < 1.29 is 23.1 Å². The number of pyridine rings is 2. The highest BCUT2D eigenvalue weighted by Crippen LogP contribution is 2.25. The fraction of sp³-hybridized carbons (Fsp3) is 0.455. The fourth-order valence-electron chi connectivity index (χ4n) is 2.93. The summed E-state index contributed by atoms with van der Waals surface area (Å²) in [6.07, 6.45) is 1.25. The maximum atomic E-state index is 14.7. The number of nitrogens with two attached hydrogens (primary N) is 1. The quantitative estimate of drug-likeness (QED) is 0.464. The van der Waals surface area contributed by atoms with Gasteiger partial charge in [-0.1, -0.05) is 6.92 Å². The molecule has 0 radical (unpaired) electrons. The SMILES string of the molecule is CC[C@@H](Nc1nc(Nc2cnc(C)c(F)c2)c(C(N)=O)cc1F)[C@H](C)NC(=O)OC(C)(C)C. The molecule has 0 aliphatic carbocycles. The van der Waals surface area contributed by atoms with Crippen molar-refractivity contribution in [2.75, 3.05) is 10.6 Å². The van der Waals surface area contributed by atoms with Crippen molar-refractivity contribution in [1.29, 1.82) is 0 Å². The average molecular weight is 465 g/mol. The van der Waals surface area contributed by atoms with Crippen LogP contribution in [0.1, 0.15) is 57.1 Å². The van der Waals surface area contributed by atoms with Crippen LogP contribution in [0, 0.1) is 18.6 Å². The summed E-state index contributed by atoms with van der Waals surface area (Å²) in [5.74, 6) is -2.53. The third-order valence-electron chi connectivity index (χ3n) is 4.64. The maximum Gasteiger partial charge on any atom is 0.407 e. The van der Waals surface area contributed by atoms with E-state index < -0.39 is 41.3 Å². The van der Waals surface area contributed by atoms with Crippen molar-refractivity contribution in [3.63, 3.8) is 0 Å². The maximum absolute atomic E-state index is 14.7. The second-order valence-corrected chi connectivity index (χ2v) is 8.59. The van der Waals surface area contributed by atoms with E-state index in [2.05, 4.69) is 25.9 Å². The van der Waals surface area contributed by atoms with E-state index in [-0.39, 0.29) is 28.6 Å². The molecule has 33 heavy (non-hydrogen) atoms. The lowest BCUT2D eigenvalue weighted by Gasteiger charge is -2.27. The first-order valence-electron chi connectivity index (χ1n) is 10.5. The molecule has 0 saturated heterocycles. The van der Waals surface area contributed by atoms with Crippen molar-refractivity contribution in [3.8, 4) is 0 Å². The highest BCUT2D eigenvalue weighted by molar-refractivity contribution is 5.98. The largest absolute Gasteiger partial charge is 0.444 e. The van der Waals surface area contributed by atoms with Gasteiger partial charge in [0.15, 0.2) is 11.6 Å².